The third-order valence-electron chi connectivity index (χ3n) is 4.08. The maximum Gasteiger partial charge on any atom is 0.338 e. The number of anilines is 1. The SMILES string of the molecule is CCCCOC(=O)c1ccc(NC(=O)CCc2c(C)nc(C)[nH]c2=O)cc1. The average molecular weight is 371 g/mol. The van der Waals surface area contributed by atoms with Crippen LogP contribution in [-0.2, 0) is 16.0 Å². The molecule has 7 heteroatoms. The van der Waals surface area contributed by atoms with Crippen LogP contribution in [0.25, 0.3) is 0 Å². The Labute approximate surface area is 158 Å². The molecule has 0 radical (unpaired) electrons. The number of benzene rings is 1. The topological polar surface area (TPSA) is 101 Å². The maximum absolute atomic E-state index is 12.1. The van der Waals surface area contributed by atoms with Crippen LogP contribution in [0.15, 0.2) is 29.1 Å². The van der Waals surface area contributed by atoms with Gasteiger partial charge in [0.2, 0.25) is 5.91 Å². The molecule has 0 fully saturated rings. The fourth-order valence-electron chi connectivity index (χ4n) is 2.59. The number of carbonyl (C=O) groups is 2. The fraction of sp³-hybridized carbons (Fsp3) is 0.400. The van der Waals surface area contributed by atoms with Crippen molar-refractivity contribution in [3.63, 3.8) is 0 Å². The second-order valence-electron chi connectivity index (χ2n) is 6.33. The number of rotatable bonds is 8. The normalized spacial score (nSPS) is 10.5. The Morgan fingerprint density at radius 1 is 1.19 bits per heavy atom. The number of carbonyl (C=O) groups excluding carboxylic acids is 2. The number of aryl methyl sites for hydroxylation is 2. The molecule has 0 aliphatic carbocycles. The molecule has 0 aliphatic heterocycles. The number of ether oxygens (including phenoxy) is 1. The monoisotopic (exact) mass is 371 g/mol. The van der Waals surface area contributed by atoms with Gasteiger partial charge in [0.1, 0.15) is 5.82 Å². The summed E-state index contributed by atoms with van der Waals surface area (Å²) in [7, 11) is 0. The predicted octanol–water partition coefficient (Wildman–Crippen LogP) is 2.91. The first-order valence-corrected chi connectivity index (χ1v) is 9.04. The summed E-state index contributed by atoms with van der Waals surface area (Å²) in [5, 5.41) is 2.76. The molecular weight excluding hydrogens is 346 g/mol. The molecule has 0 aliphatic rings. The molecule has 2 N–H and O–H groups in total. The van der Waals surface area contributed by atoms with E-state index >= 15 is 0 Å². The Balaban J connectivity index is 1.89. The van der Waals surface area contributed by atoms with Gasteiger partial charge in [-0.15, -0.1) is 0 Å². The third kappa shape index (κ3) is 6.06. The van der Waals surface area contributed by atoms with Crippen molar-refractivity contribution in [2.75, 3.05) is 11.9 Å². The first kappa shape index (κ1) is 20.4. The van der Waals surface area contributed by atoms with Crippen molar-refractivity contribution in [2.45, 2.75) is 46.5 Å². The van der Waals surface area contributed by atoms with Gasteiger partial charge in [-0.25, -0.2) is 9.78 Å². The van der Waals surface area contributed by atoms with E-state index in [4.69, 9.17) is 4.74 Å². The Kier molecular flexibility index (Phi) is 7.28. The van der Waals surface area contributed by atoms with Crippen molar-refractivity contribution in [3.8, 4) is 0 Å². The molecule has 7 nitrogen and oxygen atoms in total. The Morgan fingerprint density at radius 2 is 1.89 bits per heavy atom. The molecular formula is C20H25N3O4. The molecule has 1 aromatic carbocycles. The van der Waals surface area contributed by atoms with E-state index in [0.717, 1.165) is 12.8 Å². The summed E-state index contributed by atoms with van der Waals surface area (Å²) >= 11 is 0. The Morgan fingerprint density at radius 3 is 2.52 bits per heavy atom. The van der Waals surface area contributed by atoms with Crippen molar-refractivity contribution in [3.05, 3.63) is 57.3 Å². The molecule has 0 spiro atoms. The molecule has 0 unspecified atom stereocenters. The number of H-pyrrole nitrogens is 1. The van der Waals surface area contributed by atoms with E-state index in [9.17, 15) is 14.4 Å². The molecule has 27 heavy (non-hydrogen) atoms. The molecule has 2 aromatic rings. The highest BCUT2D eigenvalue weighted by molar-refractivity contribution is 5.93. The van der Waals surface area contributed by atoms with Crippen molar-refractivity contribution >= 4 is 17.6 Å². The van der Waals surface area contributed by atoms with Crippen molar-refractivity contribution < 1.29 is 14.3 Å². The summed E-state index contributed by atoms with van der Waals surface area (Å²) in [5.41, 5.74) is 1.96. The molecule has 1 heterocycles. The second-order valence-corrected chi connectivity index (χ2v) is 6.33. The smallest absolute Gasteiger partial charge is 0.338 e. The highest BCUT2D eigenvalue weighted by atomic mass is 16.5. The largest absolute Gasteiger partial charge is 0.462 e. The van der Waals surface area contributed by atoms with Gasteiger partial charge in [-0.1, -0.05) is 13.3 Å². The summed E-state index contributed by atoms with van der Waals surface area (Å²) in [6.45, 7) is 5.90. The molecule has 0 saturated heterocycles. The van der Waals surface area contributed by atoms with Crippen LogP contribution in [0.5, 0.6) is 0 Å². The first-order chi connectivity index (χ1) is 12.9. The van der Waals surface area contributed by atoms with Gasteiger partial charge in [-0.3, -0.25) is 9.59 Å². The van der Waals surface area contributed by atoms with E-state index in [2.05, 4.69) is 15.3 Å². The summed E-state index contributed by atoms with van der Waals surface area (Å²) in [5.74, 6) is -0.0328. The van der Waals surface area contributed by atoms with Crippen LogP contribution in [0, 0.1) is 13.8 Å². The van der Waals surface area contributed by atoms with Gasteiger partial charge < -0.3 is 15.0 Å². The predicted molar refractivity (Wildman–Crippen MR) is 103 cm³/mol. The number of nitrogens with zero attached hydrogens (tertiary/aromatic N) is 1. The second kappa shape index (κ2) is 9.66. The zero-order valence-corrected chi connectivity index (χ0v) is 15.9. The third-order valence-corrected chi connectivity index (χ3v) is 4.08. The van der Waals surface area contributed by atoms with E-state index in [0.29, 0.717) is 41.4 Å². The minimum absolute atomic E-state index is 0.162. The van der Waals surface area contributed by atoms with Gasteiger partial charge in [0.15, 0.2) is 0 Å². The minimum Gasteiger partial charge on any atom is -0.462 e. The van der Waals surface area contributed by atoms with Crippen LogP contribution in [0.1, 0.15) is 53.6 Å². The molecule has 0 saturated carbocycles. The number of esters is 1. The van der Waals surface area contributed by atoms with Crippen LogP contribution in [0.3, 0.4) is 0 Å². The quantitative estimate of drug-likeness (QED) is 0.549. The fourth-order valence-corrected chi connectivity index (χ4v) is 2.59. The molecule has 1 amide bonds. The maximum atomic E-state index is 12.1. The van der Waals surface area contributed by atoms with Crippen molar-refractivity contribution in [2.24, 2.45) is 0 Å². The Bertz CT molecular complexity index is 857. The van der Waals surface area contributed by atoms with E-state index in [1.807, 2.05) is 6.92 Å². The lowest BCUT2D eigenvalue weighted by molar-refractivity contribution is -0.116. The van der Waals surface area contributed by atoms with E-state index in [1.165, 1.54) is 0 Å². The molecule has 1 aromatic heterocycles. The number of hydrogen-bond donors (Lipinski definition) is 2. The number of unbranched alkanes of at least 4 members (excludes halogenated alkanes) is 1. The minimum atomic E-state index is -0.372. The summed E-state index contributed by atoms with van der Waals surface area (Å²) in [6.07, 6.45) is 2.26. The zero-order valence-electron chi connectivity index (χ0n) is 15.9. The molecule has 0 bridgehead atoms. The zero-order chi connectivity index (χ0) is 19.8. The van der Waals surface area contributed by atoms with Gasteiger partial charge in [0.25, 0.3) is 5.56 Å². The number of aromatic amines is 1. The van der Waals surface area contributed by atoms with Gasteiger partial charge in [-0.05, 0) is 51.0 Å². The van der Waals surface area contributed by atoms with Crippen LogP contribution >= 0.6 is 0 Å². The van der Waals surface area contributed by atoms with Crippen LogP contribution in [0.2, 0.25) is 0 Å². The van der Waals surface area contributed by atoms with Gasteiger partial charge >= 0.3 is 5.97 Å². The standard InChI is InChI=1S/C20H25N3O4/c1-4-5-12-27-20(26)15-6-8-16(9-7-15)23-18(24)11-10-17-13(2)21-14(3)22-19(17)25/h6-9H,4-5,10-12H2,1-3H3,(H,23,24)(H,21,22,25). The van der Waals surface area contributed by atoms with E-state index in [1.54, 1.807) is 38.1 Å². The average Bonchev–Trinajstić information content (AvgIpc) is 2.61. The van der Waals surface area contributed by atoms with E-state index < -0.39 is 0 Å². The summed E-state index contributed by atoms with van der Waals surface area (Å²) in [4.78, 5) is 42.8. The molecule has 2 rings (SSSR count). The van der Waals surface area contributed by atoms with Crippen LogP contribution in [0.4, 0.5) is 5.69 Å². The number of nitrogens with one attached hydrogen (secondary N) is 2. The lowest BCUT2D eigenvalue weighted by atomic mass is 10.1. The lowest BCUT2D eigenvalue weighted by Gasteiger charge is -2.08. The highest BCUT2D eigenvalue weighted by Gasteiger charge is 2.11. The van der Waals surface area contributed by atoms with Crippen LogP contribution in [-0.4, -0.2) is 28.5 Å². The summed E-state index contributed by atoms with van der Waals surface area (Å²) < 4.78 is 5.14. The van der Waals surface area contributed by atoms with Crippen molar-refractivity contribution in [1.29, 1.82) is 0 Å². The molecule has 144 valence electrons. The lowest BCUT2D eigenvalue weighted by Crippen LogP contribution is -2.20. The Hall–Kier alpha value is -2.96. The molecule has 0 atom stereocenters. The van der Waals surface area contributed by atoms with E-state index in [-0.39, 0.29) is 23.9 Å². The van der Waals surface area contributed by atoms with Gasteiger partial charge in [0, 0.05) is 23.4 Å². The van der Waals surface area contributed by atoms with Gasteiger partial charge in [0.05, 0.1) is 12.2 Å². The number of amides is 1. The van der Waals surface area contributed by atoms with Crippen LogP contribution < -0.4 is 10.9 Å². The van der Waals surface area contributed by atoms with Gasteiger partial charge in [-0.2, -0.15) is 0 Å². The summed E-state index contributed by atoms with van der Waals surface area (Å²) in [6, 6.07) is 6.53. The first-order valence-electron chi connectivity index (χ1n) is 9.04. The number of aromatic nitrogens is 2. The van der Waals surface area contributed by atoms with Crippen molar-refractivity contribution in [1.82, 2.24) is 9.97 Å². The highest BCUT2D eigenvalue weighted by Crippen LogP contribution is 2.12. The number of hydrogen-bond acceptors (Lipinski definition) is 5.